The molecule has 0 radical (unpaired) electrons. The second kappa shape index (κ2) is 8.27. The molecule has 2 aromatic carbocycles. The highest BCUT2D eigenvalue weighted by molar-refractivity contribution is 6.30. The van der Waals surface area contributed by atoms with E-state index in [2.05, 4.69) is 17.6 Å². The molecule has 0 amide bonds. The van der Waals surface area contributed by atoms with Gasteiger partial charge in [0.25, 0.3) is 0 Å². The van der Waals surface area contributed by atoms with E-state index < -0.39 is 6.10 Å². The first-order valence-electron chi connectivity index (χ1n) is 10.9. The Hall–Kier alpha value is -2.40. The smallest absolute Gasteiger partial charge is 0.119 e. The van der Waals surface area contributed by atoms with Crippen molar-refractivity contribution in [3.63, 3.8) is 0 Å². The lowest BCUT2D eigenvalue weighted by Gasteiger charge is -2.50. The van der Waals surface area contributed by atoms with Crippen LogP contribution in [0.4, 0.5) is 0 Å². The molecule has 5 atom stereocenters. The molecule has 160 valence electrons. The number of ether oxygens (including phenoxy) is 1. The minimum atomic E-state index is -0.600. The third-order valence-electron chi connectivity index (χ3n) is 7.02. The molecule has 3 aliphatic rings. The van der Waals surface area contributed by atoms with Gasteiger partial charge in [-0.25, -0.2) is 4.98 Å². The predicted octanol–water partition coefficient (Wildman–Crippen LogP) is 5.49. The Balaban J connectivity index is 1.60. The van der Waals surface area contributed by atoms with Gasteiger partial charge in [0.2, 0.25) is 0 Å². The molecule has 5 heteroatoms. The second-order valence-corrected chi connectivity index (χ2v) is 9.11. The summed E-state index contributed by atoms with van der Waals surface area (Å²) in [5.41, 5.74) is 3.57. The molecule has 0 saturated carbocycles. The van der Waals surface area contributed by atoms with E-state index in [0.29, 0.717) is 16.9 Å². The molecule has 2 bridgehead atoms. The van der Waals surface area contributed by atoms with Crippen LogP contribution in [0, 0.1) is 11.8 Å². The number of hydrogen-bond donors (Lipinski definition) is 1. The van der Waals surface area contributed by atoms with Crippen molar-refractivity contribution in [1.29, 1.82) is 0 Å². The summed E-state index contributed by atoms with van der Waals surface area (Å²) >= 11 is 6.08. The summed E-state index contributed by atoms with van der Waals surface area (Å²) in [5, 5.41) is 13.3. The molecule has 3 saturated heterocycles. The summed E-state index contributed by atoms with van der Waals surface area (Å²) in [4.78, 5) is 7.31. The number of hydrogen-bond acceptors (Lipinski definition) is 4. The highest BCUT2D eigenvalue weighted by atomic mass is 35.5. The minimum Gasteiger partial charge on any atom is -0.497 e. The van der Waals surface area contributed by atoms with E-state index in [1.165, 1.54) is 6.42 Å². The zero-order valence-electron chi connectivity index (χ0n) is 17.7. The molecular formula is C26H27ClN2O2. The molecular weight excluding hydrogens is 408 g/mol. The number of fused-ring (bicyclic) bond motifs is 4. The third-order valence-corrected chi connectivity index (χ3v) is 7.28. The molecule has 5 unspecified atom stereocenters. The fourth-order valence-corrected chi connectivity index (χ4v) is 5.41. The van der Waals surface area contributed by atoms with Crippen molar-refractivity contribution in [2.24, 2.45) is 11.8 Å². The van der Waals surface area contributed by atoms with E-state index in [9.17, 15) is 5.11 Å². The van der Waals surface area contributed by atoms with Gasteiger partial charge in [0.05, 0.1) is 24.4 Å². The molecule has 0 aliphatic carbocycles. The molecule has 31 heavy (non-hydrogen) atoms. The molecule has 1 N–H and O–H groups in total. The van der Waals surface area contributed by atoms with Crippen molar-refractivity contribution < 1.29 is 9.84 Å². The van der Waals surface area contributed by atoms with E-state index in [4.69, 9.17) is 21.3 Å². The van der Waals surface area contributed by atoms with Gasteiger partial charge in [-0.3, -0.25) is 4.90 Å². The number of halogens is 1. The van der Waals surface area contributed by atoms with Crippen molar-refractivity contribution >= 4 is 22.5 Å². The van der Waals surface area contributed by atoms with Gasteiger partial charge in [0, 0.05) is 28.6 Å². The zero-order valence-corrected chi connectivity index (χ0v) is 18.4. The summed E-state index contributed by atoms with van der Waals surface area (Å²) in [6, 6.07) is 15.7. The largest absolute Gasteiger partial charge is 0.497 e. The first-order chi connectivity index (χ1) is 15.1. The highest BCUT2D eigenvalue weighted by Crippen LogP contribution is 2.43. The van der Waals surface area contributed by atoms with Crippen LogP contribution in [0.5, 0.6) is 5.75 Å². The fraction of sp³-hybridized carbons (Fsp3) is 0.346. The van der Waals surface area contributed by atoms with Crippen LogP contribution in [0.1, 0.15) is 24.5 Å². The lowest BCUT2D eigenvalue weighted by molar-refractivity contribution is -0.0444. The standard InChI is InChI=1S/C26H27ClN2O2/c1-3-16-15-29-11-10-18(16)12-25(29)26(30)22-14-24(17-4-6-19(27)7-5-17)28-23-9-8-20(31-2)13-21(22)23/h3-9,13-14,16,18,25-26,30H,1,10-12,15H2,2H3. The Morgan fingerprint density at radius 3 is 2.71 bits per heavy atom. The van der Waals surface area contributed by atoms with E-state index in [-0.39, 0.29) is 6.04 Å². The number of rotatable bonds is 5. The first kappa shape index (κ1) is 20.5. The molecule has 3 fully saturated rings. The Morgan fingerprint density at radius 2 is 2.03 bits per heavy atom. The quantitative estimate of drug-likeness (QED) is 0.539. The van der Waals surface area contributed by atoms with Crippen LogP contribution in [0.25, 0.3) is 22.2 Å². The van der Waals surface area contributed by atoms with Crippen LogP contribution < -0.4 is 4.74 Å². The van der Waals surface area contributed by atoms with Gasteiger partial charge in [0.15, 0.2) is 0 Å². The van der Waals surface area contributed by atoms with Gasteiger partial charge < -0.3 is 9.84 Å². The predicted molar refractivity (Wildman–Crippen MR) is 125 cm³/mol. The first-order valence-corrected chi connectivity index (χ1v) is 11.2. The number of aliphatic hydroxyl groups excluding tert-OH is 1. The van der Waals surface area contributed by atoms with Crippen LogP contribution in [-0.2, 0) is 0 Å². The molecule has 6 rings (SSSR count). The van der Waals surface area contributed by atoms with Crippen LogP contribution in [0.15, 0.2) is 61.2 Å². The fourth-order valence-electron chi connectivity index (χ4n) is 5.28. The molecule has 4 heterocycles. The van der Waals surface area contributed by atoms with Crippen LogP contribution >= 0.6 is 11.6 Å². The van der Waals surface area contributed by atoms with Crippen molar-refractivity contribution in [2.45, 2.75) is 25.0 Å². The summed E-state index contributed by atoms with van der Waals surface area (Å²) in [7, 11) is 1.66. The molecule has 4 nitrogen and oxygen atoms in total. The van der Waals surface area contributed by atoms with Crippen molar-refractivity contribution in [3.8, 4) is 17.0 Å². The third kappa shape index (κ3) is 3.73. The molecule has 3 aromatic rings. The van der Waals surface area contributed by atoms with Crippen molar-refractivity contribution in [1.82, 2.24) is 9.88 Å². The average Bonchev–Trinajstić information content (AvgIpc) is 2.83. The molecule has 0 spiro atoms. The van der Waals surface area contributed by atoms with Crippen LogP contribution in [0.3, 0.4) is 0 Å². The molecule has 3 aliphatic heterocycles. The summed E-state index contributed by atoms with van der Waals surface area (Å²) in [5.74, 6) is 1.89. The van der Waals surface area contributed by atoms with Gasteiger partial charge in [-0.15, -0.1) is 6.58 Å². The van der Waals surface area contributed by atoms with E-state index >= 15 is 0 Å². The van der Waals surface area contributed by atoms with E-state index in [1.54, 1.807) is 7.11 Å². The summed E-state index contributed by atoms with van der Waals surface area (Å²) in [6.45, 7) is 6.04. The van der Waals surface area contributed by atoms with Gasteiger partial charge in [-0.2, -0.15) is 0 Å². The molecule has 1 aromatic heterocycles. The summed E-state index contributed by atoms with van der Waals surface area (Å²) in [6.07, 6.45) is 3.66. The Bertz CT molecular complexity index is 1110. The number of aromatic nitrogens is 1. The van der Waals surface area contributed by atoms with Crippen LogP contribution in [-0.4, -0.2) is 41.2 Å². The summed E-state index contributed by atoms with van der Waals surface area (Å²) < 4.78 is 5.46. The topological polar surface area (TPSA) is 45.6 Å². The van der Waals surface area contributed by atoms with Crippen molar-refractivity contribution in [3.05, 3.63) is 71.8 Å². The number of aliphatic hydroxyl groups is 1. The maximum Gasteiger partial charge on any atom is 0.119 e. The van der Waals surface area contributed by atoms with E-state index in [1.807, 2.05) is 48.5 Å². The maximum atomic E-state index is 11.6. The number of pyridine rings is 1. The van der Waals surface area contributed by atoms with E-state index in [0.717, 1.165) is 53.0 Å². The second-order valence-electron chi connectivity index (χ2n) is 8.68. The minimum absolute atomic E-state index is 0.102. The zero-order chi connectivity index (χ0) is 21.5. The Kier molecular flexibility index (Phi) is 5.47. The van der Waals surface area contributed by atoms with Gasteiger partial charge in [-0.1, -0.05) is 29.8 Å². The number of methoxy groups -OCH3 is 1. The Morgan fingerprint density at radius 1 is 1.23 bits per heavy atom. The average molecular weight is 435 g/mol. The van der Waals surface area contributed by atoms with Gasteiger partial charge in [0.1, 0.15) is 5.75 Å². The highest BCUT2D eigenvalue weighted by Gasteiger charge is 2.42. The monoisotopic (exact) mass is 434 g/mol. The van der Waals surface area contributed by atoms with Crippen LogP contribution in [0.2, 0.25) is 5.02 Å². The normalized spacial score (nSPS) is 26.0. The SMILES string of the molecule is C=CC1CN2CCC1CC2C(O)c1cc(-c2ccc(Cl)cc2)nc2ccc(OC)cc12. The van der Waals surface area contributed by atoms with Gasteiger partial charge in [-0.05, 0) is 73.2 Å². The lowest BCUT2D eigenvalue weighted by Crippen LogP contribution is -2.54. The number of benzene rings is 2. The van der Waals surface area contributed by atoms with Gasteiger partial charge >= 0.3 is 0 Å². The number of nitrogens with zero attached hydrogens (tertiary/aromatic N) is 2. The lowest BCUT2D eigenvalue weighted by atomic mass is 9.73. The number of piperidine rings is 3. The Labute approximate surface area is 188 Å². The van der Waals surface area contributed by atoms with Crippen molar-refractivity contribution in [2.75, 3.05) is 20.2 Å². The maximum absolute atomic E-state index is 11.6.